The monoisotopic (exact) mass is 233 g/mol. The Bertz CT molecular complexity index is 206. The second-order valence-electron chi connectivity index (χ2n) is 3.60. The molecule has 0 bridgehead atoms. The quantitative estimate of drug-likeness (QED) is 0.705. The Labute approximate surface area is 97.2 Å². The number of hydrogen-bond acceptors (Lipinski definition) is 2. The van der Waals surface area contributed by atoms with Crippen molar-refractivity contribution in [2.24, 2.45) is 0 Å². The molecular formula is C9H19N3S2. The van der Waals surface area contributed by atoms with Crippen LogP contribution in [0.15, 0.2) is 0 Å². The zero-order valence-electron chi connectivity index (χ0n) is 9.42. The fraction of sp³-hybridized carbons (Fsp3) is 0.778. The van der Waals surface area contributed by atoms with Gasteiger partial charge in [0.15, 0.2) is 10.2 Å². The summed E-state index contributed by atoms with van der Waals surface area (Å²) >= 11 is 10.2. The highest BCUT2D eigenvalue weighted by Gasteiger charge is 2.16. The molecule has 2 N–H and O–H groups in total. The minimum absolute atomic E-state index is 0.370. The Balaban J connectivity index is 4.38. The van der Waals surface area contributed by atoms with E-state index in [-0.39, 0.29) is 0 Å². The van der Waals surface area contributed by atoms with E-state index in [1.54, 1.807) is 7.05 Å². The van der Waals surface area contributed by atoms with Gasteiger partial charge in [0, 0.05) is 19.1 Å². The van der Waals surface area contributed by atoms with Crippen LogP contribution in [0, 0.1) is 0 Å². The molecule has 0 aromatic rings. The number of hydrogen-bond donors (Lipinski definition) is 2. The SMILES string of the molecule is CNC(=S)NC(=S)N(C(C)C)C(C)C. The summed E-state index contributed by atoms with van der Waals surface area (Å²) in [4.78, 5) is 2.11. The fourth-order valence-electron chi connectivity index (χ4n) is 1.29. The standard InChI is InChI=1S/C9H19N3S2/c1-6(2)12(7(3)4)9(14)11-8(13)10-5/h6-7H,1-5H3,(H2,10,11,13,14). The van der Waals surface area contributed by atoms with Gasteiger partial charge in [0.25, 0.3) is 0 Å². The largest absolute Gasteiger partial charge is 0.365 e. The fourth-order valence-corrected chi connectivity index (χ4v) is 1.97. The summed E-state index contributed by atoms with van der Waals surface area (Å²) in [5, 5.41) is 7.04. The van der Waals surface area contributed by atoms with Gasteiger partial charge >= 0.3 is 0 Å². The molecule has 3 nitrogen and oxygen atoms in total. The molecule has 0 spiro atoms. The van der Waals surface area contributed by atoms with Gasteiger partial charge in [-0.1, -0.05) is 0 Å². The molecule has 82 valence electrons. The number of rotatable bonds is 2. The molecule has 0 radical (unpaired) electrons. The second-order valence-corrected chi connectivity index (χ2v) is 4.40. The van der Waals surface area contributed by atoms with Crippen molar-refractivity contribution < 1.29 is 0 Å². The first-order valence-corrected chi connectivity index (χ1v) is 5.52. The van der Waals surface area contributed by atoms with Crippen molar-refractivity contribution in [3.8, 4) is 0 Å². The van der Waals surface area contributed by atoms with Gasteiger partial charge in [0.05, 0.1) is 0 Å². The van der Waals surface area contributed by atoms with E-state index < -0.39 is 0 Å². The molecule has 5 heteroatoms. The highest BCUT2D eigenvalue weighted by Crippen LogP contribution is 2.05. The molecular weight excluding hydrogens is 214 g/mol. The van der Waals surface area contributed by atoms with Crippen molar-refractivity contribution in [1.29, 1.82) is 0 Å². The summed E-state index contributed by atoms with van der Waals surface area (Å²) in [5.41, 5.74) is 0. The van der Waals surface area contributed by atoms with Crippen molar-refractivity contribution in [2.45, 2.75) is 39.8 Å². The molecule has 0 heterocycles. The van der Waals surface area contributed by atoms with Gasteiger partial charge in [-0.15, -0.1) is 0 Å². The molecule has 0 saturated heterocycles. The van der Waals surface area contributed by atoms with Crippen LogP contribution >= 0.6 is 24.4 Å². The lowest BCUT2D eigenvalue weighted by Crippen LogP contribution is -2.51. The van der Waals surface area contributed by atoms with E-state index in [2.05, 4.69) is 43.2 Å². The second kappa shape index (κ2) is 6.14. The maximum atomic E-state index is 5.26. The Morgan fingerprint density at radius 2 is 1.50 bits per heavy atom. The van der Waals surface area contributed by atoms with Crippen molar-refractivity contribution in [2.75, 3.05) is 7.05 Å². The molecule has 0 aliphatic heterocycles. The van der Waals surface area contributed by atoms with Gasteiger partial charge in [-0.3, -0.25) is 0 Å². The maximum absolute atomic E-state index is 5.26. The highest BCUT2D eigenvalue weighted by atomic mass is 32.1. The lowest BCUT2D eigenvalue weighted by molar-refractivity contribution is 0.291. The first-order chi connectivity index (χ1) is 6.40. The Hall–Kier alpha value is -0.420. The molecule has 0 aromatic carbocycles. The van der Waals surface area contributed by atoms with E-state index in [9.17, 15) is 0 Å². The van der Waals surface area contributed by atoms with Crippen molar-refractivity contribution in [3.63, 3.8) is 0 Å². The Morgan fingerprint density at radius 3 is 1.79 bits per heavy atom. The van der Waals surface area contributed by atoms with Crippen LogP contribution in [0.4, 0.5) is 0 Å². The van der Waals surface area contributed by atoms with Crippen LogP contribution in [0.5, 0.6) is 0 Å². The van der Waals surface area contributed by atoms with Gasteiger partial charge in [0.2, 0.25) is 0 Å². The minimum atomic E-state index is 0.370. The first-order valence-electron chi connectivity index (χ1n) is 4.71. The number of nitrogens with one attached hydrogen (secondary N) is 2. The molecule has 0 amide bonds. The van der Waals surface area contributed by atoms with Gasteiger partial charge in [-0.25, -0.2) is 0 Å². The third-order valence-electron chi connectivity index (χ3n) is 1.79. The van der Waals surface area contributed by atoms with E-state index in [0.717, 1.165) is 0 Å². The van der Waals surface area contributed by atoms with Crippen molar-refractivity contribution >= 4 is 34.7 Å². The van der Waals surface area contributed by atoms with Crippen molar-refractivity contribution in [1.82, 2.24) is 15.5 Å². The highest BCUT2D eigenvalue weighted by molar-refractivity contribution is 7.81. The van der Waals surface area contributed by atoms with E-state index in [1.165, 1.54) is 0 Å². The Kier molecular flexibility index (Phi) is 5.95. The van der Waals surface area contributed by atoms with Gasteiger partial charge in [-0.05, 0) is 52.1 Å². The van der Waals surface area contributed by atoms with Crippen LogP contribution in [0.1, 0.15) is 27.7 Å². The van der Waals surface area contributed by atoms with Crippen LogP contribution in [0.2, 0.25) is 0 Å². The average molecular weight is 233 g/mol. The summed E-state index contributed by atoms with van der Waals surface area (Å²) in [5.74, 6) is 0. The van der Waals surface area contributed by atoms with E-state index >= 15 is 0 Å². The summed E-state index contributed by atoms with van der Waals surface area (Å²) in [6.07, 6.45) is 0. The lowest BCUT2D eigenvalue weighted by atomic mass is 10.2. The van der Waals surface area contributed by atoms with Crippen LogP contribution in [0.3, 0.4) is 0 Å². The van der Waals surface area contributed by atoms with E-state index in [1.807, 2.05) is 0 Å². The van der Waals surface area contributed by atoms with Gasteiger partial charge in [-0.2, -0.15) is 0 Å². The average Bonchev–Trinajstić information content (AvgIpc) is 2.02. The molecule has 0 aliphatic carbocycles. The molecule has 0 unspecified atom stereocenters. The number of thiocarbonyl (C=S) groups is 2. The maximum Gasteiger partial charge on any atom is 0.175 e. The normalized spacial score (nSPS) is 10.2. The molecule has 0 aromatic heterocycles. The summed E-state index contributed by atoms with van der Waals surface area (Å²) < 4.78 is 0. The topological polar surface area (TPSA) is 27.3 Å². The lowest BCUT2D eigenvalue weighted by Gasteiger charge is -2.33. The third-order valence-corrected chi connectivity index (χ3v) is 2.41. The van der Waals surface area contributed by atoms with Crippen LogP contribution in [0.25, 0.3) is 0 Å². The molecule has 0 atom stereocenters. The first kappa shape index (κ1) is 13.6. The molecule has 0 saturated carbocycles. The Morgan fingerprint density at radius 1 is 1.07 bits per heavy atom. The predicted molar refractivity (Wildman–Crippen MR) is 69.5 cm³/mol. The minimum Gasteiger partial charge on any atom is -0.365 e. The zero-order valence-corrected chi connectivity index (χ0v) is 11.1. The van der Waals surface area contributed by atoms with Crippen LogP contribution < -0.4 is 10.6 Å². The molecule has 0 aliphatic rings. The van der Waals surface area contributed by atoms with Gasteiger partial charge in [0.1, 0.15) is 0 Å². The number of nitrogens with zero attached hydrogens (tertiary/aromatic N) is 1. The van der Waals surface area contributed by atoms with E-state index in [4.69, 9.17) is 24.4 Å². The third kappa shape index (κ3) is 4.19. The van der Waals surface area contributed by atoms with Gasteiger partial charge < -0.3 is 15.5 Å². The van der Waals surface area contributed by atoms with Crippen molar-refractivity contribution in [3.05, 3.63) is 0 Å². The summed E-state index contributed by atoms with van der Waals surface area (Å²) in [7, 11) is 1.77. The summed E-state index contributed by atoms with van der Waals surface area (Å²) in [6.45, 7) is 8.43. The predicted octanol–water partition coefficient (Wildman–Crippen LogP) is 1.48. The van der Waals surface area contributed by atoms with E-state index in [0.29, 0.717) is 22.3 Å². The molecule has 0 fully saturated rings. The molecule has 14 heavy (non-hydrogen) atoms. The molecule has 0 rings (SSSR count). The smallest absolute Gasteiger partial charge is 0.175 e. The van der Waals surface area contributed by atoms with Crippen LogP contribution in [-0.4, -0.2) is 34.3 Å². The van der Waals surface area contributed by atoms with Crippen LogP contribution in [-0.2, 0) is 0 Å². The zero-order chi connectivity index (χ0) is 11.3. The summed E-state index contributed by atoms with van der Waals surface area (Å²) in [6, 6.07) is 0.740.